The normalized spacial score (nSPS) is 13.8. The molecule has 2 N–H and O–H groups in total. The number of hydrogen-bond acceptors (Lipinski definition) is 9. The number of rotatable bonds is 18. The van der Waals surface area contributed by atoms with Gasteiger partial charge >= 0.3 is 11.9 Å². The summed E-state index contributed by atoms with van der Waals surface area (Å²) in [7, 11) is -1.49. The molecule has 2 aromatic rings. The van der Waals surface area contributed by atoms with E-state index in [2.05, 4.69) is 73.1 Å². The van der Waals surface area contributed by atoms with Crippen LogP contribution in [0.3, 0.4) is 0 Å². The topological polar surface area (TPSA) is 129 Å². The van der Waals surface area contributed by atoms with E-state index in [0.29, 0.717) is 68.3 Å². The van der Waals surface area contributed by atoms with Gasteiger partial charge in [0.2, 0.25) is 0 Å². The monoisotopic (exact) mass is 810 g/mol. The average Bonchev–Trinajstić information content (AvgIpc) is 3.74. The number of hydrogen-bond donors (Lipinski definition) is 2. The molecule has 0 bridgehead atoms. The lowest BCUT2D eigenvalue weighted by atomic mass is 9.89. The minimum atomic E-state index is -1.25. The molecule has 0 atom stereocenters. The van der Waals surface area contributed by atoms with E-state index in [1.807, 2.05) is 19.9 Å². The Morgan fingerprint density at radius 1 is 0.679 bits per heavy atom. The summed E-state index contributed by atoms with van der Waals surface area (Å²) >= 11 is 0. The molecular weight excluding hydrogens is 741 g/mol. The Balaban J connectivity index is 0.000000370. The van der Waals surface area contributed by atoms with Gasteiger partial charge < -0.3 is 29.2 Å². The van der Waals surface area contributed by atoms with Crippen LogP contribution in [0.2, 0.25) is 51.4 Å². The Bertz CT molecular complexity index is 1740. The summed E-state index contributed by atoms with van der Waals surface area (Å²) < 4.78 is 23.2. The fourth-order valence-corrected chi connectivity index (χ4v) is 8.39. The van der Waals surface area contributed by atoms with E-state index in [1.54, 1.807) is 0 Å². The Kier molecular flexibility index (Phi) is 19.5. The van der Waals surface area contributed by atoms with E-state index in [4.69, 9.17) is 24.1 Å². The summed E-state index contributed by atoms with van der Waals surface area (Å²) in [5, 5.41) is 16.5. The SMILES string of the molecule is CC/C(=C\Cc1c(CC)c(C)c2c(c1OCC[Si](C)(C)C)C(=O)OC2)CO.CC/C(C=O)=C\Cc1c(CC)c(C)c2c(c1OCC[Si](C)(C)C)C(=O)OC2.CO. The molecule has 11 heteroatoms. The lowest BCUT2D eigenvalue weighted by Crippen LogP contribution is -2.23. The van der Waals surface area contributed by atoms with Gasteiger partial charge in [-0.2, -0.15) is 0 Å². The highest BCUT2D eigenvalue weighted by Crippen LogP contribution is 2.41. The molecular formula is C45H70O9Si2. The van der Waals surface area contributed by atoms with E-state index in [0.717, 1.165) is 89.3 Å². The van der Waals surface area contributed by atoms with E-state index in [9.17, 15) is 19.5 Å². The van der Waals surface area contributed by atoms with Gasteiger partial charge in [-0.1, -0.05) is 79.1 Å². The summed E-state index contributed by atoms with van der Waals surface area (Å²) in [5.74, 6) is 0.806. The summed E-state index contributed by atoms with van der Waals surface area (Å²) in [6.07, 6.45) is 9.44. The minimum absolute atomic E-state index is 0.0652. The molecule has 0 saturated heterocycles. The van der Waals surface area contributed by atoms with Crippen LogP contribution in [0.5, 0.6) is 11.5 Å². The maximum absolute atomic E-state index is 12.5. The molecule has 312 valence electrons. The Morgan fingerprint density at radius 3 is 1.41 bits per heavy atom. The van der Waals surface area contributed by atoms with Gasteiger partial charge in [-0.15, -0.1) is 0 Å². The number of allylic oxidation sites excluding steroid dienone is 3. The lowest BCUT2D eigenvalue weighted by Gasteiger charge is -2.22. The summed E-state index contributed by atoms with van der Waals surface area (Å²) in [6.45, 7) is 28.2. The van der Waals surface area contributed by atoms with Crippen molar-refractivity contribution in [1.82, 2.24) is 0 Å². The number of aldehydes is 1. The van der Waals surface area contributed by atoms with Gasteiger partial charge in [-0.3, -0.25) is 4.79 Å². The molecule has 2 aromatic carbocycles. The van der Waals surface area contributed by atoms with E-state index >= 15 is 0 Å². The third kappa shape index (κ3) is 12.7. The first-order valence-corrected chi connectivity index (χ1v) is 27.7. The Hall–Kier alpha value is -3.52. The van der Waals surface area contributed by atoms with E-state index in [-0.39, 0.29) is 18.5 Å². The van der Waals surface area contributed by atoms with Crippen LogP contribution < -0.4 is 9.47 Å². The van der Waals surface area contributed by atoms with Crippen LogP contribution >= 0.6 is 0 Å². The lowest BCUT2D eigenvalue weighted by molar-refractivity contribution is -0.105. The number of aliphatic hydroxyl groups is 2. The smallest absolute Gasteiger partial charge is 0.342 e. The number of carbonyl (C=O) groups excluding carboxylic acids is 3. The second-order valence-corrected chi connectivity index (χ2v) is 28.0. The van der Waals surface area contributed by atoms with Crippen LogP contribution in [0.25, 0.3) is 0 Å². The van der Waals surface area contributed by atoms with Gasteiger partial charge in [-0.25, -0.2) is 9.59 Å². The van der Waals surface area contributed by atoms with Crippen LogP contribution in [-0.2, 0) is 53.2 Å². The van der Waals surface area contributed by atoms with E-state index in [1.165, 1.54) is 11.1 Å². The number of aliphatic hydroxyl groups excluding tert-OH is 2. The zero-order valence-corrected chi connectivity index (χ0v) is 38.7. The molecule has 0 fully saturated rings. The zero-order valence-electron chi connectivity index (χ0n) is 36.7. The van der Waals surface area contributed by atoms with Gasteiger partial charge in [0.1, 0.15) is 42.1 Å². The summed E-state index contributed by atoms with van der Waals surface area (Å²) in [5.41, 5.74) is 11.7. The average molecular weight is 811 g/mol. The molecule has 0 spiro atoms. The second-order valence-electron chi connectivity index (χ2n) is 16.7. The van der Waals surface area contributed by atoms with Crippen LogP contribution in [0.1, 0.15) is 106 Å². The summed E-state index contributed by atoms with van der Waals surface area (Å²) in [6, 6.07) is 2.06. The molecule has 56 heavy (non-hydrogen) atoms. The van der Waals surface area contributed by atoms with Crippen molar-refractivity contribution in [1.29, 1.82) is 0 Å². The minimum Gasteiger partial charge on any atom is -0.493 e. The number of esters is 2. The molecule has 2 aliphatic heterocycles. The molecule has 0 aliphatic carbocycles. The Morgan fingerprint density at radius 2 is 1.09 bits per heavy atom. The number of carbonyl (C=O) groups is 3. The first-order chi connectivity index (χ1) is 26.5. The van der Waals surface area contributed by atoms with Gasteiger partial charge in [0.25, 0.3) is 0 Å². The van der Waals surface area contributed by atoms with Crippen molar-refractivity contribution in [3.05, 3.63) is 78.9 Å². The van der Waals surface area contributed by atoms with Crippen molar-refractivity contribution in [2.75, 3.05) is 26.9 Å². The highest BCUT2D eigenvalue weighted by molar-refractivity contribution is 6.76. The molecule has 0 saturated carbocycles. The van der Waals surface area contributed by atoms with Crippen LogP contribution in [0.4, 0.5) is 0 Å². The maximum Gasteiger partial charge on any atom is 0.342 e. The molecule has 4 rings (SSSR count). The molecule has 0 radical (unpaired) electrons. The fourth-order valence-electron chi connectivity index (χ4n) is 6.96. The van der Waals surface area contributed by atoms with E-state index < -0.39 is 16.1 Å². The number of cyclic esters (lactones) is 2. The van der Waals surface area contributed by atoms with Crippen molar-refractivity contribution in [3.63, 3.8) is 0 Å². The van der Waals surface area contributed by atoms with Crippen molar-refractivity contribution < 1.29 is 43.5 Å². The van der Waals surface area contributed by atoms with Crippen molar-refractivity contribution in [3.8, 4) is 11.5 Å². The van der Waals surface area contributed by atoms with Crippen molar-refractivity contribution in [2.45, 2.75) is 145 Å². The van der Waals surface area contributed by atoms with Gasteiger partial charge in [-0.05, 0) is 97.9 Å². The van der Waals surface area contributed by atoms with Crippen LogP contribution in [0, 0.1) is 13.8 Å². The maximum atomic E-state index is 12.5. The van der Waals surface area contributed by atoms with Gasteiger partial charge in [0.05, 0.1) is 19.8 Å². The largest absolute Gasteiger partial charge is 0.493 e. The molecule has 2 heterocycles. The summed E-state index contributed by atoms with van der Waals surface area (Å²) in [4.78, 5) is 36.1. The highest BCUT2D eigenvalue weighted by Gasteiger charge is 2.34. The molecule has 9 nitrogen and oxygen atoms in total. The van der Waals surface area contributed by atoms with Crippen LogP contribution in [-0.4, -0.2) is 71.5 Å². The first-order valence-electron chi connectivity index (χ1n) is 20.3. The highest BCUT2D eigenvalue weighted by atomic mass is 28.3. The van der Waals surface area contributed by atoms with Gasteiger partial charge in [0.15, 0.2) is 0 Å². The molecule has 0 amide bonds. The second kappa shape index (κ2) is 22.4. The molecule has 0 aromatic heterocycles. The fraction of sp³-hybridized carbons (Fsp3) is 0.578. The predicted octanol–water partition coefficient (Wildman–Crippen LogP) is 9.45. The number of fused-ring (bicyclic) bond motifs is 2. The van der Waals surface area contributed by atoms with Crippen molar-refractivity contribution in [2.24, 2.45) is 0 Å². The van der Waals surface area contributed by atoms with Gasteiger partial charge in [0, 0.05) is 45.5 Å². The standard InChI is InChI=1S/C22H34O4Si.C22H32O4Si.CH4O/c2*1-7-16(13-23)9-10-18-17(8-2)15(3)19-14-26-22(24)20(19)21(18)25-11-12-27(4,5)6;1-2/h9,23H,7-8,10-14H2,1-6H3;9,13H,7-8,10-12,14H2,1-6H3;2H,1H3/b2*16-9+;. The Labute approximate surface area is 338 Å². The number of benzene rings is 2. The third-order valence-electron chi connectivity index (χ3n) is 10.5. The first kappa shape index (κ1) is 48.6. The van der Waals surface area contributed by atoms with Crippen LogP contribution in [0.15, 0.2) is 23.3 Å². The third-order valence-corrected chi connectivity index (χ3v) is 13.9. The molecule has 0 unspecified atom stereocenters. The zero-order chi connectivity index (χ0) is 42.4. The molecule has 2 aliphatic rings. The quantitative estimate of drug-likeness (QED) is 0.0498. The van der Waals surface area contributed by atoms with Crippen molar-refractivity contribution >= 4 is 34.4 Å². The number of ether oxygens (including phenoxy) is 4. The predicted molar refractivity (Wildman–Crippen MR) is 232 cm³/mol.